The lowest BCUT2D eigenvalue weighted by atomic mass is 10.1. The molecule has 0 fully saturated rings. The molecule has 24 heavy (non-hydrogen) atoms. The molecule has 0 unspecified atom stereocenters. The highest BCUT2D eigenvalue weighted by Crippen LogP contribution is 2.35. The number of anilines is 1. The maximum Gasteiger partial charge on any atom is 0.263 e. The van der Waals surface area contributed by atoms with E-state index in [9.17, 15) is 8.42 Å². The monoisotopic (exact) mass is 378 g/mol. The van der Waals surface area contributed by atoms with Crippen molar-refractivity contribution in [2.45, 2.75) is 32.6 Å². The lowest BCUT2D eigenvalue weighted by Gasteiger charge is -2.10. The van der Waals surface area contributed by atoms with Crippen molar-refractivity contribution in [1.82, 2.24) is 4.98 Å². The van der Waals surface area contributed by atoms with Gasteiger partial charge in [-0.3, -0.25) is 4.72 Å². The van der Waals surface area contributed by atoms with Gasteiger partial charge in [-0.05, 0) is 45.4 Å². The Hall–Kier alpha value is -1.70. The molecule has 1 N–H and O–H groups in total. The molecule has 0 aliphatic carbocycles. The van der Waals surface area contributed by atoms with Crippen LogP contribution in [0.1, 0.15) is 21.0 Å². The van der Waals surface area contributed by atoms with E-state index < -0.39 is 10.0 Å². The quantitative estimate of drug-likeness (QED) is 0.702. The molecular formula is C17H18N2O2S3. The summed E-state index contributed by atoms with van der Waals surface area (Å²) in [6.07, 6.45) is 0. The third-order valence-electron chi connectivity index (χ3n) is 3.66. The first-order valence-electron chi connectivity index (χ1n) is 7.39. The SMILES string of the molecule is Cc1ccc(NS(=O)(=O)c2cc(-c3csc(C)n3)sc2C)c(C)c1. The minimum Gasteiger partial charge on any atom is -0.279 e. The fourth-order valence-electron chi connectivity index (χ4n) is 2.46. The van der Waals surface area contributed by atoms with Gasteiger partial charge in [0.1, 0.15) is 4.90 Å². The molecule has 7 heteroatoms. The molecule has 0 radical (unpaired) electrons. The molecule has 0 amide bonds. The Morgan fingerprint density at radius 3 is 2.46 bits per heavy atom. The van der Waals surface area contributed by atoms with Crippen LogP contribution in [0, 0.1) is 27.7 Å². The largest absolute Gasteiger partial charge is 0.279 e. The minimum absolute atomic E-state index is 0.313. The van der Waals surface area contributed by atoms with E-state index in [0.29, 0.717) is 10.6 Å². The normalized spacial score (nSPS) is 11.7. The van der Waals surface area contributed by atoms with Crippen LogP contribution in [0.2, 0.25) is 0 Å². The molecular weight excluding hydrogens is 360 g/mol. The molecule has 2 aromatic heterocycles. The van der Waals surface area contributed by atoms with Crippen LogP contribution in [0.3, 0.4) is 0 Å². The van der Waals surface area contributed by atoms with Crippen LogP contribution in [-0.2, 0) is 10.0 Å². The van der Waals surface area contributed by atoms with Gasteiger partial charge in [-0.25, -0.2) is 13.4 Å². The van der Waals surface area contributed by atoms with Crippen LogP contribution in [0.25, 0.3) is 10.6 Å². The van der Waals surface area contributed by atoms with Crippen LogP contribution in [-0.4, -0.2) is 13.4 Å². The van der Waals surface area contributed by atoms with Crippen molar-refractivity contribution in [3.8, 4) is 10.6 Å². The van der Waals surface area contributed by atoms with Crippen LogP contribution in [0.15, 0.2) is 34.5 Å². The highest BCUT2D eigenvalue weighted by atomic mass is 32.2. The number of aryl methyl sites for hydroxylation is 4. The van der Waals surface area contributed by atoms with Crippen LogP contribution in [0.5, 0.6) is 0 Å². The molecule has 3 rings (SSSR count). The smallest absolute Gasteiger partial charge is 0.263 e. The highest BCUT2D eigenvalue weighted by Gasteiger charge is 2.22. The summed E-state index contributed by atoms with van der Waals surface area (Å²) in [4.78, 5) is 6.38. The number of nitrogens with zero attached hydrogens (tertiary/aromatic N) is 1. The maximum absolute atomic E-state index is 12.8. The molecule has 0 aliphatic rings. The Morgan fingerprint density at radius 1 is 1.08 bits per heavy atom. The Balaban J connectivity index is 1.96. The summed E-state index contributed by atoms with van der Waals surface area (Å²) in [5, 5.41) is 2.92. The van der Waals surface area contributed by atoms with Crippen molar-refractivity contribution in [2.24, 2.45) is 0 Å². The van der Waals surface area contributed by atoms with Crippen molar-refractivity contribution < 1.29 is 8.42 Å². The van der Waals surface area contributed by atoms with Crippen molar-refractivity contribution >= 4 is 38.4 Å². The molecule has 3 aromatic rings. The summed E-state index contributed by atoms with van der Waals surface area (Å²) in [5.41, 5.74) is 3.45. The maximum atomic E-state index is 12.8. The zero-order valence-corrected chi connectivity index (χ0v) is 16.3. The molecule has 0 aliphatic heterocycles. The van der Waals surface area contributed by atoms with Gasteiger partial charge in [0.25, 0.3) is 10.0 Å². The first-order chi connectivity index (χ1) is 11.3. The van der Waals surface area contributed by atoms with E-state index in [1.807, 2.05) is 45.2 Å². The summed E-state index contributed by atoms with van der Waals surface area (Å²) in [6, 6.07) is 7.37. The fraction of sp³-hybridized carbons (Fsp3) is 0.235. The van der Waals surface area contributed by atoms with Crippen LogP contribution in [0.4, 0.5) is 5.69 Å². The molecule has 0 saturated carbocycles. The molecule has 0 spiro atoms. The van der Waals surface area contributed by atoms with Gasteiger partial charge in [0, 0.05) is 10.3 Å². The van der Waals surface area contributed by atoms with E-state index in [-0.39, 0.29) is 0 Å². The topological polar surface area (TPSA) is 59.1 Å². The Kier molecular flexibility index (Phi) is 4.50. The van der Waals surface area contributed by atoms with Crippen LogP contribution < -0.4 is 4.72 Å². The van der Waals surface area contributed by atoms with Gasteiger partial charge in [0.15, 0.2) is 0 Å². The van der Waals surface area contributed by atoms with E-state index in [0.717, 1.165) is 31.6 Å². The van der Waals surface area contributed by atoms with Crippen molar-refractivity contribution in [2.75, 3.05) is 4.72 Å². The number of thiazole rings is 1. The molecule has 0 bridgehead atoms. The molecule has 0 saturated heterocycles. The van der Waals surface area contributed by atoms with Gasteiger partial charge in [-0.2, -0.15) is 0 Å². The number of benzene rings is 1. The second-order valence-corrected chi connectivity index (χ2v) is 9.68. The summed E-state index contributed by atoms with van der Waals surface area (Å²) >= 11 is 3.01. The average Bonchev–Trinajstić information content (AvgIpc) is 3.08. The van der Waals surface area contributed by atoms with Crippen molar-refractivity contribution in [1.29, 1.82) is 0 Å². The second-order valence-electron chi connectivity index (χ2n) is 5.71. The molecule has 2 heterocycles. The van der Waals surface area contributed by atoms with Crippen molar-refractivity contribution in [3.63, 3.8) is 0 Å². The molecule has 126 valence electrons. The molecule has 0 atom stereocenters. The lowest BCUT2D eigenvalue weighted by molar-refractivity contribution is 0.601. The Bertz CT molecular complexity index is 1000. The molecule has 4 nitrogen and oxygen atoms in total. The van der Waals surface area contributed by atoms with Gasteiger partial charge < -0.3 is 0 Å². The number of thiophene rings is 1. The van der Waals surface area contributed by atoms with E-state index in [1.165, 1.54) is 11.3 Å². The number of hydrogen-bond acceptors (Lipinski definition) is 5. The number of rotatable bonds is 4. The number of aromatic nitrogens is 1. The predicted octanol–water partition coefficient (Wildman–Crippen LogP) is 4.91. The Morgan fingerprint density at radius 2 is 1.83 bits per heavy atom. The van der Waals surface area contributed by atoms with E-state index in [4.69, 9.17) is 0 Å². The summed E-state index contributed by atoms with van der Waals surface area (Å²) in [5.74, 6) is 0. The third kappa shape index (κ3) is 3.38. The fourth-order valence-corrected chi connectivity index (χ4v) is 5.83. The second kappa shape index (κ2) is 6.31. The zero-order valence-electron chi connectivity index (χ0n) is 13.9. The summed E-state index contributed by atoms with van der Waals surface area (Å²) in [6.45, 7) is 7.64. The number of hydrogen-bond donors (Lipinski definition) is 1. The lowest BCUT2D eigenvalue weighted by Crippen LogP contribution is -2.14. The molecule has 1 aromatic carbocycles. The minimum atomic E-state index is -3.62. The average molecular weight is 379 g/mol. The van der Waals surface area contributed by atoms with Gasteiger partial charge in [0.2, 0.25) is 0 Å². The summed E-state index contributed by atoms with van der Waals surface area (Å²) < 4.78 is 28.3. The number of sulfonamides is 1. The zero-order chi connectivity index (χ0) is 17.5. The first kappa shape index (κ1) is 17.1. The van der Waals surface area contributed by atoms with Gasteiger partial charge in [0.05, 0.1) is 21.3 Å². The van der Waals surface area contributed by atoms with E-state index >= 15 is 0 Å². The third-order valence-corrected chi connectivity index (χ3v) is 7.13. The standard InChI is InChI=1S/C17H18N2O2S3/c1-10-5-6-14(11(2)7-10)19-24(20,21)17-8-16(23-12(17)3)15-9-22-13(4)18-15/h5-9,19H,1-4H3. The predicted molar refractivity (Wildman–Crippen MR) is 102 cm³/mol. The highest BCUT2D eigenvalue weighted by molar-refractivity contribution is 7.93. The summed E-state index contributed by atoms with van der Waals surface area (Å²) in [7, 11) is -3.62. The van der Waals surface area contributed by atoms with Gasteiger partial charge >= 0.3 is 0 Å². The Labute approximate surface area is 150 Å². The van der Waals surface area contributed by atoms with Gasteiger partial charge in [-0.1, -0.05) is 17.7 Å². The number of nitrogens with one attached hydrogen (secondary N) is 1. The van der Waals surface area contributed by atoms with Crippen molar-refractivity contribution in [3.05, 3.63) is 50.7 Å². The van der Waals surface area contributed by atoms with E-state index in [1.54, 1.807) is 23.5 Å². The van der Waals surface area contributed by atoms with Crippen LogP contribution >= 0.6 is 22.7 Å². The van der Waals surface area contributed by atoms with Gasteiger partial charge in [-0.15, -0.1) is 22.7 Å². The van der Waals surface area contributed by atoms with E-state index in [2.05, 4.69) is 9.71 Å². The first-order valence-corrected chi connectivity index (χ1v) is 10.6.